The maximum Gasteiger partial charge on any atom is 0.336 e. The average Bonchev–Trinajstić information content (AvgIpc) is 2.43. The Labute approximate surface area is 130 Å². The summed E-state index contributed by atoms with van der Waals surface area (Å²) in [5, 5.41) is 0.228. The van der Waals surface area contributed by atoms with Gasteiger partial charge in [-0.2, -0.15) is 0 Å². The number of urea groups is 1. The predicted octanol–water partition coefficient (Wildman–Crippen LogP) is 3.07. The van der Waals surface area contributed by atoms with E-state index in [0.29, 0.717) is 11.2 Å². The fourth-order valence-electron chi connectivity index (χ4n) is 2.38. The maximum atomic E-state index is 12.2. The Morgan fingerprint density at radius 3 is 2.76 bits per heavy atom. The molecule has 0 radical (unpaired) electrons. The monoisotopic (exact) mass is 311 g/mol. The summed E-state index contributed by atoms with van der Waals surface area (Å²) in [6.45, 7) is 6.05. The molecule has 0 saturated carbocycles. The van der Waals surface area contributed by atoms with E-state index in [4.69, 9.17) is 11.6 Å². The Hall–Kier alpha value is -1.56. The van der Waals surface area contributed by atoms with Crippen molar-refractivity contribution >= 4 is 23.4 Å². The Bertz CT molecular complexity index is 494. The van der Waals surface area contributed by atoms with Crippen LogP contribution in [0.3, 0.4) is 0 Å². The van der Waals surface area contributed by atoms with Gasteiger partial charge in [0, 0.05) is 25.5 Å². The van der Waals surface area contributed by atoms with Gasteiger partial charge in [-0.05, 0) is 24.7 Å². The van der Waals surface area contributed by atoms with Gasteiger partial charge in [0.15, 0.2) is 11.0 Å². The van der Waals surface area contributed by atoms with E-state index in [-0.39, 0.29) is 11.2 Å². The molecular formula is C14H22ClN5O. The molecule has 0 aromatic carbocycles. The van der Waals surface area contributed by atoms with Crippen LogP contribution in [0.2, 0.25) is 5.15 Å². The molecule has 0 aliphatic carbocycles. The molecule has 21 heavy (non-hydrogen) atoms. The molecule has 1 aliphatic heterocycles. The van der Waals surface area contributed by atoms with Crippen LogP contribution in [-0.2, 0) is 0 Å². The maximum absolute atomic E-state index is 12.2. The van der Waals surface area contributed by atoms with E-state index >= 15 is 0 Å². The molecule has 0 bridgehead atoms. The summed E-state index contributed by atoms with van der Waals surface area (Å²) in [6, 6.07) is -0.158. The molecule has 2 heterocycles. The van der Waals surface area contributed by atoms with Gasteiger partial charge < -0.3 is 4.90 Å². The molecule has 2 N–H and O–H groups in total. The zero-order valence-corrected chi connectivity index (χ0v) is 13.3. The lowest BCUT2D eigenvalue weighted by molar-refractivity contribution is 0.170. The fraction of sp³-hybridized carbons (Fsp3) is 0.643. The van der Waals surface area contributed by atoms with Gasteiger partial charge in [0.25, 0.3) is 0 Å². The zero-order valence-electron chi connectivity index (χ0n) is 12.5. The van der Waals surface area contributed by atoms with Crippen molar-refractivity contribution in [2.75, 3.05) is 18.5 Å². The van der Waals surface area contributed by atoms with Gasteiger partial charge in [-0.3, -0.25) is 10.9 Å². The molecule has 116 valence electrons. The molecule has 1 saturated heterocycles. The van der Waals surface area contributed by atoms with Crippen LogP contribution in [0.4, 0.5) is 10.6 Å². The van der Waals surface area contributed by atoms with E-state index in [9.17, 15) is 4.79 Å². The molecule has 1 aromatic rings. The first-order valence-electron chi connectivity index (χ1n) is 7.25. The van der Waals surface area contributed by atoms with E-state index in [2.05, 4.69) is 34.7 Å². The first-order valence-corrected chi connectivity index (χ1v) is 7.63. The molecule has 1 aromatic heterocycles. The molecule has 2 rings (SSSR count). The number of carbonyl (C=O) groups is 1. The molecular weight excluding hydrogens is 290 g/mol. The van der Waals surface area contributed by atoms with Gasteiger partial charge in [0.2, 0.25) is 0 Å². The molecule has 7 heteroatoms. The van der Waals surface area contributed by atoms with Gasteiger partial charge in [0.05, 0.1) is 0 Å². The van der Waals surface area contributed by atoms with Crippen molar-refractivity contribution in [3.8, 4) is 0 Å². The zero-order chi connectivity index (χ0) is 15.3. The van der Waals surface area contributed by atoms with Crippen LogP contribution in [0.25, 0.3) is 0 Å². The van der Waals surface area contributed by atoms with E-state index in [1.54, 1.807) is 0 Å². The molecule has 1 fully saturated rings. The van der Waals surface area contributed by atoms with Gasteiger partial charge in [0.1, 0.15) is 0 Å². The number of halogens is 1. The number of rotatable bonds is 2. The lowest BCUT2D eigenvalue weighted by Gasteiger charge is -2.32. The fourth-order valence-corrected chi connectivity index (χ4v) is 2.53. The third-order valence-corrected chi connectivity index (χ3v) is 4.10. The number of likely N-dealkylation sites (tertiary alicyclic amines) is 1. The summed E-state index contributed by atoms with van der Waals surface area (Å²) in [5.74, 6) is 0.347. The van der Waals surface area contributed by atoms with Crippen LogP contribution in [0.1, 0.15) is 39.5 Å². The number of aromatic nitrogens is 2. The standard InChI is InChI=1S/C14H22ClN5O/c1-14(2)5-3-4-9-20(10-6-14)13(21)19-18-12-11(15)16-7-8-17-12/h7-8H,3-6,9-10H2,1-2H3,(H,17,18)(H,19,21). The van der Waals surface area contributed by atoms with E-state index in [1.165, 1.54) is 18.8 Å². The number of hydrogen-bond acceptors (Lipinski definition) is 4. The van der Waals surface area contributed by atoms with Gasteiger partial charge in [-0.1, -0.05) is 31.9 Å². The average molecular weight is 312 g/mol. The molecule has 1 aliphatic rings. The predicted molar refractivity (Wildman–Crippen MR) is 83.0 cm³/mol. The number of amides is 2. The molecule has 6 nitrogen and oxygen atoms in total. The quantitative estimate of drug-likeness (QED) is 0.824. The van der Waals surface area contributed by atoms with E-state index in [1.807, 2.05) is 4.90 Å². The van der Waals surface area contributed by atoms with Gasteiger partial charge in [-0.15, -0.1) is 0 Å². The van der Waals surface area contributed by atoms with Crippen LogP contribution < -0.4 is 10.9 Å². The van der Waals surface area contributed by atoms with Crippen molar-refractivity contribution < 1.29 is 4.79 Å². The first kappa shape index (κ1) is 15.8. The second-order valence-corrected chi connectivity index (χ2v) is 6.47. The molecule has 0 spiro atoms. The number of anilines is 1. The van der Waals surface area contributed by atoms with Crippen LogP contribution in [0.15, 0.2) is 12.4 Å². The van der Waals surface area contributed by atoms with Crippen molar-refractivity contribution in [2.24, 2.45) is 5.41 Å². The molecule has 2 amide bonds. The second-order valence-electron chi connectivity index (χ2n) is 6.11. The first-order chi connectivity index (χ1) is 9.98. The number of carbonyl (C=O) groups excluding carboxylic acids is 1. The third-order valence-electron chi connectivity index (χ3n) is 3.82. The lowest BCUT2D eigenvalue weighted by atomic mass is 9.83. The Kier molecular flexibility index (Phi) is 5.22. The van der Waals surface area contributed by atoms with Crippen molar-refractivity contribution in [1.82, 2.24) is 20.3 Å². The second kappa shape index (κ2) is 6.93. The Balaban J connectivity index is 1.88. The third kappa shape index (κ3) is 4.74. The number of hydrazine groups is 1. The van der Waals surface area contributed by atoms with Crippen molar-refractivity contribution in [3.05, 3.63) is 17.5 Å². The topological polar surface area (TPSA) is 70.2 Å². The minimum atomic E-state index is -0.158. The summed E-state index contributed by atoms with van der Waals surface area (Å²) in [4.78, 5) is 22.0. The van der Waals surface area contributed by atoms with Gasteiger partial charge in [-0.25, -0.2) is 14.8 Å². The van der Waals surface area contributed by atoms with Crippen molar-refractivity contribution in [3.63, 3.8) is 0 Å². The molecule has 0 unspecified atom stereocenters. The summed E-state index contributed by atoms with van der Waals surface area (Å²) in [6.07, 6.45) is 7.42. The number of nitrogens with one attached hydrogen (secondary N) is 2. The largest absolute Gasteiger partial charge is 0.336 e. The van der Waals surface area contributed by atoms with Crippen molar-refractivity contribution in [1.29, 1.82) is 0 Å². The SMILES string of the molecule is CC1(C)CCCCN(C(=O)NNc2nccnc2Cl)CC1. The normalized spacial score (nSPS) is 18.5. The van der Waals surface area contributed by atoms with Crippen LogP contribution in [0, 0.1) is 5.41 Å². The summed E-state index contributed by atoms with van der Waals surface area (Å²) in [5.41, 5.74) is 5.65. The minimum absolute atomic E-state index is 0.158. The van der Waals surface area contributed by atoms with Gasteiger partial charge >= 0.3 is 6.03 Å². The van der Waals surface area contributed by atoms with Crippen LogP contribution in [-0.4, -0.2) is 34.0 Å². The smallest absolute Gasteiger partial charge is 0.323 e. The Morgan fingerprint density at radius 2 is 2.00 bits per heavy atom. The highest BCUT2D eigenvalue weighted by atomic mass is 35.5. The Morgan fingerprint density at radius 1 is 1.24 bits per heavy atom. The number of hydrogen-bond donors (Lipinski definition) is 2. The summed E-state index contributed by atoms with van der Waals surface area (Å²) in [7, 11) is 0. The van der Waals surface area contributed by atoms with E-state index in [0.717, 1.165) is 32.4 Å². The highest BCUT2D eigenvalue weighted by molar-refractivity contribution is 6.31. The number of nitrogens with zero attached hydrogens (tertiary/aromatic N) is 3. The van der Waals surface area contributed by atoms with Crippen LogP contribution in [0.5, 0.6) is 0 Å². The molecule has 0 atom stereocenters. The van der Waals surface area contributed by atoms with E-state index < -0.39 is 0 Å². The lowest BCUT2D eigenvalue weighted by Crippen LogP contribution is -2.45. The summed E-state index contributed by atoms with van der Waals surface area (Å²) >= 11 is 5.88. The highest BCUT2D eigenvalue weighted by Gasteiger charge is 2.23. The summed E-state index contributed by atoms with van der Waals surface area (Å²) < 4.78 is 0. The minimum Gasteiger partial charge on any atom is -0.323 e. The highest BCUT2D eigenvalue weighted by Crippen LogP contribution is 2.29. The van der Waals surface area contributed by atoms with Crippen molar-refractivity contribution in [2.45, 2.75) is 39.5 Å². The van der Waals surface area contributed by atoms with Crippen LogP contribution >= 0.6 is 11.6 Å².